The van der Waals surface area contributed by atoms with Crippen molar-refractivity contribution in [1.82, 2.24) is 9.80 Å². The normalized spacial score (nSPS) is 21.5. The summed E-state index contributed by atoms with van der Waals surface area (Å²) in [5.41, 5.74) is -0.685. The van der Waals surface area contributed by atoms with Gasteiger partial charge < -0.3 is 24.0 Å². The van der Waals surface area contributed by atoms with Gasteiger partial charge in [-0.15, -0.1) is 0 Å². The molecule has 2 aliphatic rings. The summed E-state index contributed by atoms with van der Waals surface area (Å²) in [5.74, 6) is -0.474. The van der Waals surface area contributed by atoms with Crippen LogP contribution in [0.5, 0.6) is 5.75 Å². The SMILES string of the molecule is CC(C)(C)OC(=O)N(Cc1ccc(F)cc1)C1CCC(C(=O)N2CCOC(COc3cccc(C(F)(F)F)c3)C2)CC1. The molecule has 1 heterocycles. The van der Waals surface area contributed by atoms with Gasteiger partial charge in [-0.25, -0.2) is 9.18 Å². The first kappa shape index (κ1) is 31.6. The maximum absolute atomic E-state index is 13.4. The van der Waals surface area contributed by atoms with Crippen molar-refractivity contribution in [2.24, 2.45) is 5.92 Å². The molecule has 2 fully saturated rings. The van der Waals surface area contributed by atoms with Crippen LogP contribution in [0.15, 0.2) is 48.5 Å². The Morgan fingerprint density at radius 1 is 1.02 bits per heavy atom. The first-order chi connectivity index (χ1) is 19.8. The van der Waals surface area contributed by atoms with Crippen molar-refractivity contribution in [3.05, 3.63) is 65.5 Å². The molecule has 230 valence electrons. The van der Waals surface area contributed by atoms with E-state index in [1.165, 1.54) is 24.3 Å². The van der Waals surface area contributed by atoms with E-state index in [9.17, 15) is 27.2 Å². The van der Waals surface area contributed by atoms with Gasteiger partial charge in [0, 0.05) is 25.0 Å². The van der Waals surface area contributed by atoms with E-state index >= 15 is 0 Å². The molecule has 11 heteroatoms. The number of morpholine rings is 1. The van der Waals surface area contributed by atoms with Crippen LogP contribution in [-0.4, -0.2) is 65.9 Å². The number of rotatable bonds is 7. The molecule has 7 nitrogen and oxygen atoms in total. The van der Waals surface area contributed by atoms with Crippen LogP contribution in [0.25, 0.3) is 0 Å². The summed E-state index contributed by atoms with van der Waals surface area (Å²) in [7, 11) is 0. The predicted molar refractivity (Wildman–Crippen MR) is 147 cm³/mol. The topological polar surface area (TPSA) is 68.3 Å². The molecule has 42 heavy (non-hydrogen) atoms. The third-order valence-corrected chi connectivity index (χ3v) is 7.43. The smallest absolute Gasteiger partial charge is 0.416 e. The molecule has 1 unspecified atom stereocenters. The zero-order chi connectivity index (χ0) is 30.5. The van der Waals surface area contributed by atoms with Crippen LogP contribution >= 0.6 is 0 Å². The van der Waals surface area contributed by atoms with Gasteiger partial charge in [0.2, 0.25) is 5.91 Å². The summed E-state index contributed by atoms with van der Waals surface area (Å²) >= 11 is 0. The molecule has 4 rings (SSSR count). The fraction of sp³-hybridized carbons (Fsp3) is 0.548. The number of alkyl halides is 3. The highest BCUT2D eigenvalue weighted by Crippen LogP contribution is 2.33. The van der Waals surface area contributed by atoms with Crippen LogP contribution in [0.3, 0.4) is 0 Å². The van der Waals surface area contributed by atoms with Crippen LogP contribution in [-0.2, 0) is 27.0 Å². The van der Waals surface area contributed by atoms with Crippen LogP contribution in [0.4, 0.5) is 22.4 Å². The summed E-state index contributed by atoms with van der Waals surface area (Å²) in [6.07, 6.45) is -2.96. The average molecular weight is 595 g/mol. The number of ether oxygens (including phenoxy) is 3. The Hall–Kier alpha value is -3.34. The van der Waals surface area contributed by atoms with Crippen molar-refractivity contribution in [3.63, 3.8) is 0 Å². The lowest BCUT2D eigenvalue weighted by molar-refractivity contribution is -0.145. The number of amides is 2. The Labute approximate surface area is 243 Å². The Morgan fingerprint density at radius 3 is 2.36 bits per heavy atom. The maximum atomic E-state index is 13.4. The first-order valence-corrected chi connectivity index (χ1v) is 14.2. The van der Waals surface area contributed by atoms with E-state index in [4.69, 9.17) is 14.2 Å². The molecule has 2 aromatic rings. The summed E-state index contributed by atoms with van der Waals surface area (Å²) in [6.45, 7) is 6.72. The van der Waals surface area contributed by atoms with Crippen molar-refractivity contribution < 1.29 is 41.4 Å². The highest BCUT2D eigenvalue weighted by atomic mass is 19.4. The largest absolute Gasteiger partial charge is 0.491 e. The van der Waals surface area contributed by atoms with E-state index < -0.39 is 29.5 Å². The zero-order valence-corrected chi connectivity index (χ0v) is 24.2. The van der Waals surface area contributed by atoms with E-state index in [1.54, 1.807) is 42.7 Å². The number of carbonyl (C=O) groups is 2. The van der Waals surface area contributed by atoms with Gasteiger partial charge in [-0.05, 0) is 82.3 Å². The third kappa shape index (κ3) is 8.83. The van der Waals surface area contributed by atoms with Crippen LogP contribution in [0.2, 0.25) is 0 Å². The average Bonchev–Trinajstić information content (AvgIpc) is 2.94. The maximum Gasteiger partial charge on any atom is 0.416 e. The number of nitrogens with zero attached hydrogens (tertiary/aromatic N) is 2. The second-order valence-corrected chi connectivity index (χ2v) is 11.9. The van der Waals surface area contributed by atoms with E-state index in [-0.39, 0.29) is 49.1 Å². The fourth-order valence-corrected chi connectivity index (χ4v) is 5.31. The highest BCUT2D eigenvalue weighted by Gasteiger charge is 2.36. The molecule has 1 atom stereocenters. The second kappa shape index (κ2) is 13.3. The second-order valence-electron chi connectivity index (χ2n) is 11.9. The van der Waals surface area contributed by atoms with Gasteiger partial charge in [0.05, 0.1) is 18.7 Å². The lowest BCUT2D eigenvalue weighted by Gasteiger charge is -2.39. The monoisotopic (exact) mass is 594 g/mol. The van der Waals surface area contributed by atoms with Crippen molar-refractivity contribution in [1.29, 1.82) is 0 Å². The lowest BCUT2D eigenvalue weighted by atomic mass is 9.84. The van der Waals surface area contributed by atoms with Gasteiger partial charge in [-0.1, -0.05) is 18.2 Å². The van der Waals surface area contributed by atoms with Gasteiger partial charge in [-0.3, -0.25) is 4.79 Å². The number of hydrogen-bond acceptors (Lipinski definition) is 5. The molecule has 0 bridgehead atoms. The van der Waals surface area contributed by atoms with E-state index in [2.05, 4.69) is 0 Å². The molecule has 0 N–H and O–H groups in total. The molecule has 0 radical (unpaired) electrons. The molecular formula is C31H38F4N2O5. The highest BCUT2D eigenvalue weighted by molar-refractivity contribution is 5.79. The van der Waals surface area contributed by atoms with Gasteiger partial charge in [0.25, 0.3) is 0 Å². The Kier molecular flexibility index (Phi) is 10.0. The van der Waals surface area contributed by atoms with Crippen LogP contribution < -0.4 is 4.74 Å². The Bertz CT molecular complexity index is 1210. The Balaban J connectivity index is 1.32. The van der Waals surface area contributed by atoms with Crippen molar-refractivity contribution >= 4 is 12.0 Å². The number of benzene rings is 2. The molecule has 1 saturated carbocycles. The summed E-state index contributed by atoms with van der Waals surface area (Å²) in [5, 5.41) is 0. The molecular weight excluding hydrogens is 556 g/mol. The predicted octanol–water partition coefficient (Wildman–Crippen LogP) is 6.45. The molecule has 2 amide bonds. The minimum Gasteiger partial charge on any atom is -0.491 e. The van der Waals surface area contributed by atoms with Crippen molar-refractivity contribution in [2.45, 2.75) is 76.9 Å². The molecule has 1 aliphatic heterocycles. The number of halogens is 4. The molecule has 2 aromatic carbocycles. The molecule has 1 saturated heterocycles. The number of carbonyl (C=O) groups excluding carboxylic acids is 2. The van der Waals surface area contributed by atoms with E-state index in [1.807, 2.05) is 0 Å². The number of hydrogen-bond donors (Lipinski definition) is 0. The molecule has 1 aliphatic carbocycles. The standard InChI is InChI=1S/C31H38F4N2O5/c1-30(2,3)42-29(39)37(18-21-7-11-24(32)12-8-21)25-13-9-22(10-14-25)28(38)36-15-16-40-27(19-36)20-41-26-6-4-5-23(17-26)31(33,34)35/h4-8,11-12,17,22,25,27H,9-10,13-16,18-20H2,1-3H3. The van der Waals surface area contributed by atoms with Crippen LogP contribution in [0, 0.1) is 11.7 Å². The fourth-order valence-electron chi connectivity index (χ4n) is 5.31. The van der Waals surface area contributed by atoms with E-state index in [0.717, 1.165) is 17.7 Å². The van der Waals surface area contributed by atoms with Crippen molar-refractivity contribution in [2.75, 3.05) is 26.3 Å². The minimum absolute atomic E-state index is 0.00294. The van der Waals surface area contributed by atoms with Gasteiger partial charge in [0.15, 0.2) is 0 Å². The quantitative estimate of drug-likeness (QED) is 0.345. The third-order valence-electron chi connectivity index (χ3n) is 7.43. The summed E-state index contributed by atoms with van der Waals surface area (Å²) in [4.78, 5) is 30.0. The van der Waals surface area contributed by atoms with Gasteiger partial charge >= 0.3 is 12.3 Å². The van der Waals surface area contributed by atoms with E-state index in [0.29, 0.717) is 38.8 Å². The van der Waals surface area contributed by atoms with Crippen LogP contribution in [0.1, 0.15) is 57.6 Å². The first-order valence-electron chi connectivity index (χ1n) is 14.2. The zero-order valence-electron chi connectivity index (χ0n) is 24.2. The minimum atomic E-state index is -4.46. The lowest BCUT2D eigenvalue weighted by Crippen LogP contribution is -2.51. The van der Waals surface area contributed by atoms with Gasteiger partial charge in [-0.2, -0.15) is 13.2 Å². The summed E-state index contributed by atoms with van der Waals surface area (Å²) < 4.78 is 69.4. The van der Waals surface area contributed by atoms with Gasteiger partial charge in [0.1, 0.15) is 29.9 Å². The van der Waals surface area contributed by atoms with Crippen molar-refractivity contribution in [3.8, 4) is 5.75 Å². The Morgan fingerprint density at radius 2 is 1.71 bits per heavy atom. The molecule has 0 spiro atoms. The summed E-state index contributed by atoms with van der Waals surface area (Å²) in [6, 6.07) is 10.5. The molecule has 0 aromatic heterocycles.